The molecule has 0 saturated heterocycles. The number of carbonyl (C=O) groups is 3. The molecule has 0 aromatic heterocycles. The Morgan fingerprint density at radius 3 is 2.39 bits per heavy atom. The Balaban J connectivity index is 1.52. The van der Waals surface area contributed by atoms with Gasteiger partial charge in [-0.3, -0.25) is 9.59 Å². The number of benzene rings is 3. The van der Waals surface area contributed by atoms with Gasteiger partial charge in [0.2, 0.25) is 0 Å². The van der Waals surface area contributed by atoms with Crippen LogP contribution in [0, 0.1) is 6.92 Å². The normalized spacial score (nSPS) is 10.5. The van der Waals surface area contributed by atoms with Crippen LogP contribution in [0.15, 0.2) is 82.4 Å². The minimum Gasteiger partial charge on any atom is -0.423 e. The van der Waals surface area contributed by atoms with Gasteiger partial charge in [-0.2, -0.15) is 5.10 Å². The quantitative estimate of drug-likeness (QED) is 0.189. The maximum absolute atomic E-state index is 12.2. The Kier molecular flexibility index (Phi) is 7.29. The second-order valence-corrected chi connectivity index (χ2v) is 7.35. The number of esters is 1. The molecule has 8 heteroatoms. The van der Waals surface area contributed by atoms with Crippen molar-refractivity contribution in [2.45, 2.75) is 6.92 Å². The zero-order chi connectivity index (χ0) is 22.2. The summed E-state index contributed by atoms with van der Waals surface area (Å²) in [5.74, 6) is -1.82. The van der Waals surface area contributed by atoms with E-state index in [0.717, 1.165) is 10.0 Å². The molecule has 156 valence electrons. The van der Waals surface area contributed by atoms with Crippen LogP contribution in [0.2, 0.25) is 0 Å². The number of hydrogen-bond acceptors (Lipinski definition) is 5. The van der Waals surface area contributed by atoms with Gasteiger partial charge in [0.1, 0.15) is 5.75 Å². The number of halogens is 1. The molecule has 2 N–H and O–H groups in total. The zero-order valence-electron chi connectivity index (χ0n) is 16.5. The van der Waals surface area contributed by atoms with Crippen LogP contribution >= 0.6 is 15.9 Å². The molecule has 31 heavy (non-hydrogen) atoms. The summed E-state index contributed by atoms with van der Waals surface area (Å²) in [6.45, 7) is 1.82. The van der Waals surface area contributed by atoms with Gasteiger partial charge in [0, 0.05) is 10.2 Å². The lowest BCUT2D eigenvalue weighted by Crippen LogP contribution is -2.32. The minimum absolute atomic E-state index is 0.365. The molecule has 0 aliphatic heterocycles. The number of ether oxygens (including phenoxy) is 1. The molecule has 0 aliphatic rings. The minimum atomic E-state index is -0.890. The maximum atomic E-state index is 12.2. The Labute approximate surface area is 187 Å². The largest absolute Gasteiger partial charge is 0.423 e. The summed E-state index contributed by atoms with van der Waals surface area (Å²) in [7, 11) is 0. The molecular weight excluding hydrogens is 462 g/mol. The highest BCUT2D eigenvalue weighted by Gasteiger charge is 2.13. The predicted molar refractivity (Wildman–Crippen MR) is 121 cm³/mol. The molecule has 3 rings (SSSR count). The first-order valence-electron chi connectivity index (χ1n) is 9.20. The van der Waals surface area contributed by atoms with Gasteiger partial charge in [-0.1, -0.05) is 40.2 Å². The van der Waals surface area contributed by atoms with E-state index in [-0.39, 0.29) is 0 Å². The van der Waals surface area contributed by atoms with Crippen molar-refractivity contribution in [2.24, 2.45) is 5.10 Å². The summed E-state index contributed by atoms with van der Waals surface area (Å²) < 4.78 is 6.10. The van der Waals surface area contributed by atoms with Gasteiger partial charge in [0.25, 0.3) is 0 Å². The van der Waals surface area contributed by atoms with Crippen LogP contribution in [0.3, 0.4) is 0 Å². The highest BCUT2D eigenvalue weighted by Crippen LogP contribution is 2.16. The monoisotopic (exact) mass is 479 g/mol. The van der Waals surface area contributed by atoms with Gasteiger partial charge in [0.15, 0.2) is 0 Å². The summed E-state index contributed by atoms with van der Waals surface area (Å²) >= 11 is 3.31. The van der Waals surface area contributed by atoms with E-state index in [2.05, 4.69) is 31.8 Å². The molecule has 2 amide bonds. The highest BCUT2D eigenvalue weighted by atomic mass is 79.9. The molecular formula is C23H18BrN3O4. The third kappa shape index (κ3) is 6.35. The zero-order valence-corrected chi connectivity index (χ0v) is 18.0. The van der Waals surface area contributed by atoms with Crippen LogP contribution in [0.5, 0.6) is 5.75 Å². The van der Waals surface area contributed by atoms with Crippen LogP contribution in [-0.2, 0) is 9.59 Å². The average molecular weight is 480 g/mol. The van der Waals surface area contributed by atoms with Crippen molar-refractivity contribution in [3.63, 3.8) is 0 Å². The number of amides is 2. The number of hydrazone groups is 1. The van der Waals surface area contributed by atoms with E-state index in [0.29, 0.717) is 22.6 Å². The molecule has 7 nitrogen and oxygen atoms in total. The second kappa shape index (κ2) is 10.3. The summed E-state index contributed by atoms with van der Waals surface area (Å²) in [6, 6.07) is 20.5. The second-order valence-electron chi connectivity index (χ2n) is 6.44. The Morgan fingerprint density at radius 2 is 1.68 bits per heavy atom. The summed E-state index contributed by atoms with van der Waals surface area (Å²) in [5, 5.41) is 6.30. The number of aryl methyl sites for hydroxylation is 1. The number of carbonyl (C=O) groups excluding carboxylic acids is 3. The van der Waals surface area contributed by atoms with Crippen molar-refractivity contribution in [2.75, 3.05) is 5.32 Å². The lowest BCUT2D eigenvalue weighted by molar-refractivity contribution is -0.136. The molecule has 0 spiro atoms. The van der Waals surface area contributed by atoms with Crippen LogP contribution in [-0.4, -0.2) is 24.0 Å². The van der Waals surface area contributed by atoms with Gasteiger partial charge < -0.3 is 10.1 Å². The summed E-state index contributed by atoms with van der Waals surface area (Å²) in [6.07, 6.45) is 1.37. The number of anilines is 1. The van der Waals surface area contributed by atoms with Crippen LogP contribution in [0.1, 0.15) is 21.5 Å². The molecule has 0 heterocycles. The lowest BCUT2D eigenvalue weighted by atomic mass is 10.2. The van der Waals surface area contributed by atoms with Crippen molar-refractivity contribution in [3.8, 4) is 5.75 Å². The molecule has 0 fully saturated rings. The first kappa shape index (κ1) is 21.9. The fraction of sp³-hybridized carbons (Fsp3) is 0.0435. The van der Waals surface area contributed by atoms with Crippen LogP contribution < -0.4 is 15.5 Å². The summed E-state index contributed by atoms with van der Waals surface area (Å²) in [4.78, 5) is 36.0. The van der Waals surface area contributed by atoms with Crippen molar-refractivity contribution < 1.29 is 19.1 Å². The van der Waals surface area contributed by atoms with Crippen LogP contribution in [0.25, 0.3) is 0 Å². The number of rotatable bonds is 5. The third-order valence-corrected chi connectivity index (χ3v) is 4.62. The van der Waals surface area contributed by atoms with E-state index in [9.17, 15) is 14.4 Å². The molecule has 0 unspecified atom stereocenters. The highest BCUT2D eigenvalue weighted by molar-refractivity contribution is 9.10. The Hall–Kier alpha value is -3.78. The van der Waals surface area contributed by atoms with Crippen molar-refractivity contribution in [3.05, 3.63) is 94.0 Å². The number of nitrogens with one attached hydrogen (secondary N) is 2. The maximum Gasteiger partial charge on any atom is 0.343 e. The smallest absolute Gasteiger partial charge is 0.343 e. The van der Waals surface area contributed by atoms with E-state index in [4.69, 9.17) is 4.74 Å². The Morgan fingerprint density at radius 1 is 0.935 bits per heavy atom. The van der Waals surface area contributed by atoms with E-state index in [1.165, 1.54) is 6.21 Å². The first-order valence-corrected chi connectivity index (χ1v) is 9.99. The SMILES string of the molecule is Cc1ccccc1NC(=O)C(=O)N/N=C\c1ccc(OC(=O)c2cccc(Br)c2)cc1. The first-order chi connectivity index (χ1) is 14.9. The number of hydrogen-bond donors (Lipinski definition) is 2. The van der Waals surface area contributed by atoms with Gasteiger partial charge in [0.05, 0.1) is 11.8 Å². The molecule has 3 aromatic carbocycles. The van der Waals surface area contributed by atoms with Gasteiger partial charge in [-0.05, 0) is 66.6 Å². The third-order valence-electron chi connectivity index (χ3n) is 4.13. The van der Waals surface area contributed by atoms with Gasteiger partial charge in [-0.25, -0.2) is 10.2 Å². The molecule has 0 saturated carbocycles. The average Bonchev–Trinajstić information content (AvgIpc) is 2.76. The lowest BCUT2D eigenvalue weighted by Gasteiger charge is -2.06. The molecule has 0 atom stereocenters. The molecule has 0 aliphatic carbocycles. The van der Waals surface area contributed by atoms with E-state index in [1.54, 1.807) is 54.6 Å². The van der Waals surface area contributed by atoms with Gasteiger partial charge >= 0.3 is 17.8 Å². The van der Waals surface area contributed by atoms with Crippen molar-refractivity contribution in [1.29, 1.82) is 0 Å². The Bertz CT molecular complexity index is 1140. The summed E-state index contributed by atoms with van der Waals surface area (Å²) in [5.41, 5.74) is 4.63. The predicted octanol–water partition coefficient (Wildman–Crippen LogP) is 4.07. The van der Waals surface area contributed by atoms with Crippen molar-refractivity contribution in [1.82, 2.24) is 5.43 Å². The molecule has 3 aromatic rings. The fourth-order valence-electron chi connectivity index (χ4n) is 2.51. The number of nitrogens with zero attached hydrogens (tertiary/aromatic N) is 1. The van der Waals surface area contributed by atoms with Crippen molar-refractivity contribution >= 4 is 45.6 Å². The van der Waals surface area contributed by atoms with E-state index >= 15 is 0 Å². The van der Waals surface area contributed by atoms with E-state index in [1.807, 2.05) is 25.1 Å². The molecule has 0 radical (unpaired) electrons. The number of para-hydroxylation sites is 1. The molecule has 0 bridgehead atoms. The van der Waals surface area contributed by atoms with Gasteiger partial charge in [-0.15, -0.1) is 0 Å². The topological polar surface area (TPSA) is 96.9 Å². The standard InChI is InChI=1S/C23H18BrN3O4/c1-15-5-2-3-8-20(15)26-21(28)22(29)27-25-14-16-9-11-19(12-10-16)31-23(30)17-6-4-7-18(24)13-17/h2-14H,1H3,(H,26,28)(H,27,29)/b25-14-. The van der Waals surface area contributed by atoms with E-state index < -0.39 is 17.8 Å². The fourth-order valence-corrected chi connectivity index (χ4v) is 2.91. The van der Waals surface area contributed by atoms with Crippen LogP contribution in [0.4, 0.5) is 5.69 Å².